The summed E-state index contributed by atoms with van der Waals surface area (Å²) in [5, 5.41) is 9.92. The number of fused-ring (bicyclic) bond motifs is 8. The van der Waals surface area contributed by atoms with Crippen LogP contribution >= 0.6 is 11.3 Å². The van der Waals surface area contributed by atoms with Gasteiger partial charge in [-0.25, -0.2) is 15.0 Å². The van der Waals surface area contributed by atoms with Crippen LogP contribution in [0.1, 0.15) is 0 Å². The molecule has 0 N–H and O–H groups in total. The van der Waals surface area contributed by atoms with Gasteiger partial charge in [-0.2, -0.15) is 0 Å². The second kappa shape index (κ2) is 11.2. The lowest BCUT2D eigenvalue weighted by Crippen LogP contribution is -2.00. The molecular weight excluding hydrogens is 615 g/mol. The monoisotopic (exact) mass is 641 g/mol. The van der Waals surface area contributed by atoms with Crippen LogP contribution in [0.5, 0.6) is 0 Å². The normalized spacial score (nSPS) is 11.7. The van der Waals surface area contributed by atoms with Crippen LogP contribution in [0, 0.1) is 0 Å². The first-order valence-corrected chi connectivity index (χ1v) is 17.3. The quantitative estimate of drug-likeness (QED) is 0.192. The SMILES string of the molecule is c1ccc(-c2nc(-c3ccc(-c4ccc5ccccc5c4)cc3)nc(-c3cc4sc5c6ccccc6ccc5c4c4ccccc34)n2)cc1. The van der Waals surface area contributed by atoms with Gasteiger partial charge in [-0.1, -0.05) is 152 Å². The van der Waals surface area contributed by atoms with Gasteiger partial charge < -0.3 is 0 Å². The molecule has 3 nitrogen and oxygen atoms in total. The van der Waals surface area contributed by atoms with E-state index in [1.54, 1.807) is 0 Å². The van der Waals surface area contributed by atoms with E-state index in [0.717, 1.165) is 27.6 Å². The van der Waals surface area contributed by atoms with Gasteiger partial charge in [0.25, 0.3) is 0 Å². The third-order valence-corrected chi connectivity index (χ3v) is 10.7. The van der Waals surface area contributed by atoms with Gasteiger partial charge in [-0.15, -0.1) is 11.3 Å². The van der Waals surface area contributed by atoms with E-state index in [2.05, 4.69) is 146 Å². The smallest absolute Gasteiger partial charge is 0.164 e. The van der Waals surface area contributed by atoms with E-state index >= 15 is 0 Å². The van der Waals surface area contributed by atoms with Crippen molar-refractivity contribution >= 4 is 63.8 Å². The zero-order valence-corrected chi connectivity index (χ0v) is 27.2. The second-order valence-corrected chi connectivity index (χ2v) is 13.5. The van der Waals surface area contributed by atoms with Crippen LogP contribution in [0.3, 0.4) is 0 Å². The van der Waals surface area contributed by atoms with Crippen LogP contribution in [-0.4, -0.2) is 15.0 Å². The van der Waals surface area contributed by atoms with Crippen LogP contribution in [0.2, 0.25) is 0 Å². The molecule has 0 bridgehead atoms. The molecule has 0 aliphatic carbocycles. The Morgan fingerprint density at radius 3 is 1.71 bits per heavy atom. The molecule has 10 aromatic rings. The van der Waals surface area contributed by atoms with E-state index < -0.39 is 0 Å². The van der Waals surface area contributed by atoms with Gasteiger partial charge in [0, 0.05) is 36.9 Å². The summed E-state index contributed by atoms with van der Waals surface area (Å²) in [6, 6.07) is 57.9. The van der Waals surface area contributed by atoms with Gasteiger partial charge in [0.2, 0.25) is 0 Å². The minimum absolute atomic E-state index is 0.653. The highest BCUT2D eigenvalue weighted by Crippen LogP contribution is 2.44. The number of aromatic nitrogens is 3. The van der Waals surface area contributed by atoms with Crippen molar-refractivity contribution in [2.24, 2.45) is 0 Å². The Morgan fingerprint density at radius 1 is 0.347 bits per heavy atom. The molecule has 0 saturated carbocycles. The number of rotatable bonds is 4. The Labute approximate surface area is 286 Å². The maximum atomic E-state index is 5.19. The molecule has 0 aliphatic rings. The number of benzene rings is 8. The third kappa shape index (κ3) is 4.68. The predicted octanol–water partition coefficient (Wildman–Crippen LogP) is 12.4. The van der Waals surface area contributed by atoms with E-state index in [9.17, 15) is 0 Å². The van der Waals surface area contributed by atoms with Crippen molar-refractivity contribution in [1.29, 1.82) is 0 Å². The van der Waals surface area contributed by atoms with Gasteiger partial charge in [0.15, 0.2) is 17.5 Å². The fourth-order valence-electron chi connectivity index (χ4n) is 7.08. The van der Waals surface area contributed by atoms with Crippen molar-refractivity contribution in [2.75, 3.05) is 0 Å². The van der Waals surface area contributed by atoms with Gasteiger partial charge >= 0.3 is 0 Å². The Balaban J connectivity index is 1.17. The molecule has 4 heteroatoms. The summed E-state index contributed by atoms with van der Waals surface area (Å²) in [5.74, 6) is 1.98. The van der Waals surface area contributed by atoms with Crippen molar-refractivity contribution < 1.29 is 0 Å². The van der Waals surface area contributed by atoms with Crippen LogP contribution in [0.25, 0.3) is 97.8 Å². The maximum Gasteiger partial charge on any atom is 0.164 e. The fourth-order valence-corrected chi connectivity index (χ4v) is 8.37. The van der Waals surface area contributed by atoms with Crippen molar-refractivity contribution in [3.63, 3.8) is 0 Å². The summed E-state index contributed by atoms with van der Waals surface area (Å²) < 4.78 is 2.53. The lowest BCUT2D eigenvalue weighted by atomic mass is 9.97. The minimum Gasteiger partial charge on any atom is -0.208 e. The first-order chi connectivity index (χ1) is 24.3. The molecule has 10 rings (SSSR count). The van der Waals surface area contributed by atoms with E-state index in [0.29, 0.717) is 17.5 Å². The topological polar surface area (TPSA) is 38.7 Å². The van der Waals surface area contributed by atoms with Crippen LogP contribution < -0.4 is 0 Å². The maximum absolute atomic E-state index is 5.19. The lowest BCUT2D eigenvalue weighted by Gasteiger charge is -2.12. The summed E-state index contributed by atoms with van der Waals surface area (Å²) in [6.45, 7) is 0. The molecule has 2 heterocycles. The highest BCUT2D eigenvalue weighted by Gasteiger charge is 2.19. The van der Waals surface area contributed by atoms with E-state index in [-0.39, 0.29) is 0 Å². The first-order valence-electron chi connectivity index (χ1n) is 16.4. The Morgan fingerprint density at radius 2 is 0.918 bits per heavy atom. The summed E-state index contributed by atoms with van der Waals surface area (Å²) in [7, 11) is 0. The van der Waals surface area contributed by atoms with Crippen molar-refractivity contribution in [2.45, 2.75) is 0 Å². The van der Waals surface area contributed by atoms with Gasteiger partial charge in [-0.3, -0.25) is 0 Å². The largest absolute Gasteiger partial charge is 0.208 e. The standard InChI is InChI=1S/C45H27N3S/c1-2-12-31(13-3-1)43-46-44(32-21-18-29(19-22-32)34-23-20-28-10-4-5-14-33(28)26-34)48-45(47-43)39-27-40-41(37-17-9-8-16-36(37)39)38-25-24-30-11-6-7-15-35(30)42(38)49-40/h1-27H. The highest BCUT2D eigenvalue weighted by atomic mass is 32.1. The van der Waals surface area contributed by atoms with E-state index in [4.69, 9.17) is 15.0 Å². The molecule has 0 saturated heterocycles. The average molecular weight is 642 g/mol. The summed E-state index contributed by atoms with van der Waals surface area (Å²) in [6.07, 6.45) is 0. The Kier molecular flexibility index (Phi) is 6.36. The van der Waals surface area contributed by atoms with Gasteiger partial charge in [-0.05, 0) is 55.6 Å². The lowest BCUT2D eigenvalue weighted by molar-refractivity contribution is 1.08. The fraction of sp³-hybridized carbons (Fsp3) is 0. The minimum atomic E-state index is 0.653. The number of nitrogens with zero attached hydrogens (tertiary/aromatic N) is 3. The molecule has 0 amide bonds. The van der Waals surface area contributed by atoms with Crippen molar-refractivity contribution in [3.8, 4) is 45.3 Å². The predicted molar refractivity (Wildman–Crippen MR) is 207 cm³/mol. The van der Waals surface area contributed by atoms with Crippen LogP contribution in [0.15, 0.2) is 164 Å². The molecule has 2 aromatic heterocycles. The molecule has 0 aliphatic heterocycles. The summed E-state index contributed by atoms with van der Waals surface area (Å²) in [5.41, 5.74) is 5.25. The molecule has 0 radical (unpaired) electrons. The highest BCUT2D eigenvalue weighted by molar-refractivity contribution is 7.27. The van der Waals surface area contributed by atoms with Gasteiger partial charge in [0.05, 0.1) is 0 Å². The Bertz CT molecular complexity index is 2870. The molecular formula is C45H27N3S. The molecule has 0 spiro atoms. The molecule has 228 valence electrons. The number of hydrogen-bond donors (Lipinski definition) is 0. The van der Waals surface area contributed by atoms with Gasteiger partial charge in [0.1, 0.15) is 0 Å². The number of hydrogen-bond acceptors (Lipinski definition) is 4. The second-order valence-electron chi connectivity index (χ2n) is 12.4. The first kappa shape index (κ1) is 27.8. The summed E-state index contributed by atoms with van der Waals surface area (Å²) in [4.78, 5) is 15.4. The summed E-state index contributed by atoms with van der Waals surface area (Å²) >= 11 is 1.84. The number of thiophene rings is 1. The zero-order valence-electron chi connectivity index (χ0n) is 26.3. The van der Waals surface area contributed by atoms with Crippen LogP contribution in [0.4, 0.5) is 0 Å². The molecule has 0 fully saturated rings. The van der Waals surface area contributed by atoms with E-state index in [1.807, 2.05) is 29.5 Å². The average Bonchev–Trinajstić information content (AvgIpc) is 3.57. The molecule has 0 atom stereocenters. The molecule has 8 aromatic carbocycles. The van der Waals surface area contributed by atoms with Crippen molar-refractivity contribution in [1.82, 2.24) is 15.0 Å². The molecule has 0 unspecified atom stereocenters. The van der Waals surface area contributed by atoms with Crippen LogP contribution in [-0.2, 0) is 0 Å². The van der Waals surface area contributed by atoms with E-state index in [1.165, 1.54) is 52.7 Å². The van der Waals surface area contributed by atoms with Crippen molar-refractivity contribution in [3.05, 3.63) is 164 Å². The molecule has 49 heavy (non-hydrogen) atoms. The Hall–Kier alpha value is -6.23. The third-order valence-electron chi connectivity index (χ3n) is 9.50. The zero-order chi connectivity index (χ0) is 32.3.